The molecule has 2 aliphatic carbocycles. The van der Waals surface area contributed by atoms with Crippen molar-refractivity contribution in [2.75, 3.05) is 11.9 Å². The van der Waals surface area contributed by atoms with E-state index in [4.69, 9.17) is 28.4 Å². The van der Waals surface area contributed by atoms with Gasteiger partial charge in [0.05, 0.1) is 48.4 Å². The summed E-state index contributed by atoms with van der Waals surface area (Å²) in [5, 5.41) is 75.4. The maximum atomic E-state index is 14.3. The standard InChI is InChI=1S/C56H74N4O22S2/c1-29-22-36-42(83(71,72)73)19-18-37(45(36)43(23-29)84(74,75)76)57-44(63)20-21-60-27-35(58-59-60)16-10-11-17-38(62)34-24-30(2)50(82-55-49(67)48(66)46(64)31(3)77-55)39(26-34)79-56-52(81-54(70)33-14-8-5-9-15-33)51(47(65)41(28-61)80-56)78-40(53(68)69)25-32-12-6-4-7-13-32/h5,8-9,14-15,18-19,22-23,27,30-32,34,39-41,46-52,55-56,61,64-67H,4,6-7,10-13,16-17,20-21,24-26,28H2,1-3H3,(H,57,63)(H,68,69)(H,71,72,73)(H,74,75,76)/t30?,31?,34?,39?,40-,41?,46?,47?,48?,49?,50?,51?,52?,55?,56?/m0/s1. The number of aliphatic hydroxyl groups is 5. The summed E-state index contributed by atoms with van der Waals surface area (Å²) < 4.78 is 108. The van der Waals surface area contributed by atoms with Gasteiger partial charge in [-0.05, 0) is 106 Å². The number of aromatic nitrogens is 3. The third-order valence-electron chi connectivity index (χ3n) is 16.2. The molecule has 26 nitrogen and oxygen atoms in total. The number of nitrogens with one attached hydrogen (secondary N) is 1. The van der Waals surface area contributed by atoms with E-state index in [-0.39, 0.29) is 77.9 Å². The number of carboxylic acid groups (broad SMARTS) is 1. The molecule has 462 valence electrons. The van der Waals surface area contributed by atoms with Crippen LogP contribution in [-0.2, 0) is 76.0 Å². The lowest BCUT2D eigenvalue weighted by Gasteiger charge is -2.48. The van der Waals surface area contributed by atoms with E-state index in [2.05, 4.69) is 15.6 Å². The second kappa shape index (κ2) is 27.9. The Morgan fingerprint density at radius 2 is 1.51 bits per heavy atom. The number of unbranched alkanes of at least 4 members (excludes halogenated alkanes) is 1. The Morgan fingerprint density at radius 1 is 0.798 bits per heavy atom. The molecule has 9 N–H and O–H groups in total. The van der Waals surface area contributed by atoms with Gasteiger partial charge >= 0.3 is 11.9 Å². The highest BCUT2D eigenvalue weighted by Crippen LogP contribution is 2.41. The number of rotatable bonds is 24. The fourth-order valence-electron chi connectivity index (χ4n) is 11.7. The summed E-state index contributed by atoms with van der Waals surface area (Å²) in [7, 11) is -9.80. The molecule has 1 amide bonds. The summed E-state index contributed by atoms with van der Waals surface area (Å²) in [5.41, 5.74) is 0.731. The van der Waals surface area contributed by atoms with E-state index in [1.54, 1.807) is 31.3 Å². The van der Waals surface area contributed by atoms with Crippen LogP contribution in [-0.4, -0.2) is 182 Å². The number of ether oxygens (including phenoxy) is 6. The molecule has 2 saturated carbocycles. The maximum Gasteiger partial charge on any atom is 0.338 e. The minimum Gasteiger partial charge on any atom is -0.479 e. The molecule has 0 spiro atoms. The second-order valence-corrected chi connectivity index (χ2v) is 25.2. The Labute approximate surface area is 485 Å². The molecule has 0 radical (unpaired) electrons. The molecular formula is C56H74N4O22S2. The highest BCUT2D eigenvalue weighted by Gasteiger charge is 2.54. The Hall–Kier alpha value is -5.44. The number of Topliss-reactive ketones (excluding diaryl/α,β-unsaturated/α-hetero) is 1. The zero-order chi connectivity index (χ0) is 60.8. The van der Waals surface area contributed by atoms with Crippen LogP contribution in [0.15, 0.2) is 70.6 Å². The molecule has 0 bridgehead atoms. The lowest BCUT2D eigenvalue weighted by molar-refractivity contribution is -0.349. The number of benzene rings is 3. The van der Waals surface area contributed by atoms with E-state index in [1.807, 2.05) is 0 Å². The minimum atomic E-state index is -4.94. The van der Waals surface area contributed by atoms with E-state index in [0.29, 0.717) is 25.0 Å². The predicted molar refractivity (Wildman–Crippen MR) is 293 cm³/mol. The Morgan fingerprint density at radius 3 is 2.19 bits per heavy atom. The van der Waals surface area contributed by atoms with Crippen LogP contribution in [0.5, 0.6) is 0 Å². The minimum absolute atomic E-state index is 0.00255. The van der Waals surface area contributed by atoms with E-state index < -0.39 is 146 Å². The first-order chi connectivity index (χ1) is 39.8. The SMILES string of the molecule is Cc1cc(S(=O)(=O)O)c2c(NC(=O)CCn3cc(CCCCC(=O)C4CC(C)C(OC5OC(C)C(O)C(O)C5O)C(OC5OC(CO)C(O)C(O[C@@H](CC6CCCCC6)C(=O)O)C5OC(=O)c5ccccc5)C4)nn3)ccc(S(=O)(=O)O)c2c1. The lowest BCUT2D eigenvalue weighted by atomic mass is 9.75. The van der Waals surface area contributed by atoms with Gasteiger partial charge in [-0.25, -0.2) is 9.59 Å². The predicted octanol–water partition coefficient (Wildman–Crippen LogP) is 3.30. The van der Waals surface area contributed by atoms with E-state index >= 15 is 0 Å². The number of carbonyl (C=O) groups excluding carboxylic acids is 3. The maximum absolute atomic E-state index is 14.3. The summed E-state index contributed by atoms with van der Waals surface area (Å²) in [5.74, 6) is -4.26. The van der Waals surface area contributed by atoms with Crippen LogP contribution in [0.2, 0.25) is 0 Å². The zero-order valence-electron chi connectivity index (χ0n) is 46.6. The second-order valence-electron chi connectivity index (χ2n) is 22.4. The van der Waals surface area contributed by atoms with Crippen LogP contribution < -0.4 is 5.32 Å². The fourth-order valence-corrected chi connectivity index (χ4v) is 13.2. The van der Waals surface area contributed by atoms with Crippen LogP contribution in [0.1, 0.15) is 113 Å². The number of hydrogen-bond acceptors (Lipinski definition) is 21. The molecule has 4 aliphatic rings. The smallest absolute Gasteiger partial charge is 0.338 e. The molecular weight excluding hydrogens is 1140 g/mol. The third-order valence-corrected chi connectivity index (χ3v) is 17.9. The van der Waals surface area contributed by atoms with Gasteiger partial charge in [-0.3, -0.25) is 23.4 Å². The molecule has 28 heteroatoms. The van der Waals surface area contributed by atoms with Gasteiger partial charge in [0.25, 0.3) is 20.2 Å². The lowest BCUT2D eigenvalue weighted by Crippen LogP contribution is -2.64. The number of esters is 1. The van der Waals surface area contributed by atoms with Crippen LogP contribution in [0, 0.1) is 24.7 Å². The average molecular weight is 1220 g/mol. The molecule has 2 aliphatic heterocycles. The number of aliphatic carboxylic acids is 1. The zero-order valence-corrected chi connectivity index (χ0v) is 48.2. The van der Waals surface area contributed by atoms with E-state index in [1.165, 1.54) is 36.7 Å². The first kappa shape index (κ1) is 64.6. The molecule has 15 atom stereocenters. The van der Waals surface area contributed by atoms with Crippen molar-refractivity contribution in [2.24, 2.45) is 17.8 Å². The fraction of sp³-hybridized carbons (Fsp3) is 0.607. The van der Waals surface area contributed by atoms with Gasteiger partial charge in [-0.2, -0.15) is 16.8 Å². The number of fused-ring (bicyclic) bond motifs is 1. The van der Waals surface area contributed by atoms with Crippen LogP contribution in [0.25, 0.3) is 10.8 Å². The molecule has 84 heavy (non-hydrogen) atoms. The van der Waals surface area contributed by atoms with Crippen molar-refractivity contribution in [1.82, 2.24) is 15.0 Å². The van der Waals surface area contributed by atoms with Gasteiger partial charge in [0.1, 0.15) is 52.2 Å². The number of aryl methyl sites for hydroxylation is 3. The first-order valence-corrected chi connectivity index (χ1v) is 31.0. The monoisotopic (exact) mass is 1220 g/mol. The Bertz CT molecular complexity index is 3180. The van der Waals surface area contributed by atoms with Crippen molar-refractivity contribution < 1.29 is 104 Å². The number of carbonyl (C=O) groups is 4. The third kappa shape index (κ3) is 15.8. The molecule has 4 fully saturated rings. The molecule has 4 aromatic rings. The van der Waals surface area contributed by atoms with Crippen LogP contribution >= 0.6 is 0 Å². The highest BCUT2D eigenvalue weighted by molar-refractivity contribution is 7.86. The van der Waals surface area contributed by atoms with Crippen molar-refractivity contribution in [3.63, 3.8) is 0 Å². The first-order valence-electron chi connectivity index (χ1n) is 28.1. The molecule has 14 unspecified atom stereocenters. The number of carboxylic acids is 1. The van der Waals surface area contributed by atoms with Gasteiger partial charge < -0.3 is 64.4 Å². The number of hydrogen-bond donors (Lipinski definition) is 9. The van der Waals surface area contributed by atoms with Crippen LogP contribution in [0.4, 0.5) is 5.69 Å². The molecule has 3 heterocycles. The van der Waals surface area contributed by atoms with Gasteiger partial charge in [0.15, 0.2) is 24.8 Å². The molecule has 3 aromatic carbocycles. The van der Waals surface area contributed by atoms with Crippen molar-refractivity contribution in [1.29, 1.82) is 0 Å². The summed E-state index contributed by atoms with van der Waals surface area (Å²) in [6.45, 7) is 3.90. The number of ketones is 1. The highest BCUT2D eigenvalue weighted by atomic mass is 32.2. The van der Waals surface area contributed by atoms with Crippen molar-refractivity contribution in [3.05, 3.63) is 77.6 Å². The molecule has 2 saturated heterocycles. The van der Waals surface area contributed by atoms with E-state index in [0.717, 1.165) is 50.3 Å². The topological polar surface area (TPSA) is 397 Å². The Balaban J connectivity index is 0.952. The van der Waals surface area contributed by atoms with Crippen molar-refractivity contribution >= 4 is 60.3 Å². The summed E-state index contributed by atoms with van der Waals surface area (Å²) >= 11 is 0. The normalized spacial score (nSPS) is 29.3. The Kier molecular flexibility index (Phi) is 21.5. The number of aliphatic hydroxyl groups excluding tert-OH is 5. The summed E-state index contributed by atoms with van der Waals surface area (Å²) in [6.07, 6.45) is -11.9. The average Bonchev–Trinajstić information content (AvgIpc) is 4.07. The van der Waals surface area contributed by atoms with E-state index in [9.17, 15) is 75.8 Å². The number of anilines is 1. The molecule has 1 aromatic heterocycles. The van der Waals surface area contributed by atoms with Crippen molar-refractivity contribution in [3.8, 4) is 0 Å². The quantitative estimate of drug-likeness (QED) is 0.0276. The number of amides is 1. The van der Waals surface area contributed by atoms with Gasteiger partial charge in [0.2, 0.25) is 5.91 Å². The van der Waals surface area contributed by atoms with Gasteiger partial charge in [-0.1, -0.05) is 62.4 Å². The molecule has 8 rings (SSSR count). The summed E-state index contributed by atoms with van der Waals surface area (Å²) in [6, 6.07) is 12.3. The van der Waals surface area contributed by atoms with Gasteiger partial charge in [0, 0.05) is 35.7 Å². The van der Waals surface area contributed by atoms with Gasteiger partial charge in [-0.15, -0.1) is 5.10 Å². The van der Waals surface area contributed by atoms with Crippen LogP contribution in [0.3, 0.4) is 0 Å². The largest absolute Gasteiger partial charge is 0.479 e. The summed E-state index contributed by atoms with van der Waals surface area (Å²) in [4.78, 5) is 52.9. The number of nitrogens with zero attached hydrogens (tertiary/aromatic N) is 3. The van der Waals surface area contributed by atoms with Crippen molar-refractivity contribution in [2.45, 2.75) is 200 Å².